The second-order valence-corrected chi connectivity index (χ2v) is 4.25. The van der Waals surface area contributed by atoms with Crippen LogP contribution in [0.4, 0.5) is 11.4 Å². The molecule has 1 aromatic carbocycles. The Balaban J connectivity index is 2.39. The quantitative estimate of drug-likeness (QED) is 0.587. The monoisotopic (exact) mass is 251 g/mol. The van der Waals surface area contributed by atoms with Crippen molar-refractivity contribution in [1.82, 2.24) is 4.90 Å². The van der Waals surface area contributed by atoms with Gasteiger partial charge in [-0.05, 0) is 26.2 Å². The topological polar surface area (TPSA) is 75.5 Å². The van der Waals surface area contributed by atoms with Crippen LogP contribution in [-0.2, 0) is 4.79 Å². The Morgan fingerprint density at radius 2 is 1.94 bits per heavy atom. The van der Waals surface area contributed by atoms with Crippen LogP contribution >= 0.6 is 0 Å². The highest BCUT2D eigenvalue weighted by Gasteiger charge is 2.05. The fourth-order valence-electron chi connectivity index (χ4n) is 1.34. The molecule has 0 aliphatic heterocycles. The van der Waals surface area contributed by atoms with Crippen LogP contribution in [0.15, 0.2) is 24.3 Å². The molecule has 0 saturated heterocycles. The highest BCUT2D eigenvalue weighted by molar-refractivity contribution is 5.83. The fraction of sp³-hybridized carbons (Fsp3) is 0.417. The minimum atomic E-state index is -0.452. The number of anilines is 1. The van der Waals surface area contributed by atoms with Crippen LogP contribution in [0.25, 0.3) is 0 Å². The van der Waals surface area contributed by atoms with Crippen LogP contribution in [0, 0.1) is 10.1 Å². The molecule has 0 heterocycles. The largest absolute Gasteiger partial charge is 0.378 e. The van der Waals surface area contributed by atoms with E-state index in [9.17, 15) is 14.9 Å². The molecule has 0 aliphatic carbocycles. The SMILES string of the molecule is CN(C)CCC(=O)CNc1ccc([N+](=O)[O-])cc1. The Kier molecular flexibility index (Phi) is 5.26. The second kappa shape index (κ2) is 6.70. The van der Waals surface area contributed by atoms with E-state index in [2.05, 4.69) is 5.32 Å². The molecule has 0 saturated carbocycles. The Morgan fingerprint density at radius 3 is 2.44 bits per heavy atom. The molecule has 1 rings (SSSR count). The molecule has 0 aliphatic rings. The van der Waals surface area contributed by atoms with Gasteiger partial charge in [-0.3, -0.25) is 14.9 Å². The van der Waals surface area contributed by atoms with E-state index < -0.39 is 4.92 Å². The van der Waals surface area contributed by atoms with Crippen molar-refractivity contribution in [2.24, 2.45) is 0 Å². The molecule has 0 aromatic heterocycles. The molecule has 0 amide bonds. The number of nitro benzene ring substituents is 1. The van der Waals surface area contributed by atoms with Gasteiger partial charge in [0.15, 0.2) is 5.78 Å². The number of carbonyl (C=O) groups excluding carboxylic acids is 1. The number of nitrogens with one attached hydrogen (secondary N) is 1. The minimum Gasteiger partial charge on any atom is -0.378 e. The van der Waals surface area contributed by atoms with Crippen molar-refractivity contribution in [3.05, 3.63) is 34.4 Å². The highest BCUT2D eigenvalue weighted by atomic mass is 16.6. The summed E-state index contributed by atoms with van der Waals surface area (Å²) in [6.45, 7) is 0.965. The first kappa shape index (κ1) is 14.1. The first-order chi connectivity index (χ1) is 8.49. The lowest BCUT2D eigenvalue weighted by Crippen LogP contribution is -2.21. The normalized spacial score (nSPS) is 10.4. The van der Waals surface area contributed by atoms with Gasteiger partial charge in [-0.25, -0.2) is 0 Å². The summed E-state index contributed by atoms with van der Waals surface area (Å²) < 4.78 is 0. The number of ketones is 1. The Hall–Kier alpha value is -1.95. The Labute approximate surface area is 106 Å². The van der Waals surface area contributed by atoms with Crippen LogP contribution in [0.2, 0.25) is 0 Å². The molecule has 6 heteroatoms. The first-order valence-electron chi connectivity index (χ1n) is 5.64. The molecule has 0 fully saturated rings. The van der Waals surface area contributed by atoms with Gasteiger partial charge in [-0.2, -0.15) is 0 Å². The number of Topliss-reactive ketones (excluding diaryl/α,β-unsaturated/α-hetero) is 1. The van der Waals surface area contributed by atoms with Crippen molar-refractivity contribution in [2.45, 2.75) is 6.42 Å². The lowest BCUT2D eigenvalue weighted by Gasteiger charge is -2.09. The number of hydrogen-bond acceptors (Lipinski definition) is 5. The number of nitro groups is 1. The standard InChI is InChI=1S/C12H17N3O3/c1-14(2)8-7-12(16)9-13-10-3-5-11(6-4-10)15(17)18/h3-6,13H,7-9H2,1-2H3. The molecule has 0 spiro atoms. The van der Waals surface area contributed by atoms with Gasteiger partial charge < -0.3 is 10.2 Å². The van der Waals surface area contributed by atoms with Gasteiger partial charge in [0.05, 0.1) is 11.5 Å². The maximum atomic E-state index is 11.5. The number of benzene rings is 1. The molecule has 1 aromatic rings. The summed E-state index contributed by atoms with van der Waals surface area (Å²) in [6, 6.07) is 6.01. The smallest absolute Gasteiger partial charge is 0.269 e. The first-order valence-corrected chi connectivity index (χ1v) is 5.64. The van der Waals surface area contributed by atoms with Crippen LogP contribution in [0.1, 0.15) is 6.42 Å². The van der Waals surface area contributed by atoms with Gasteiger partial charge in [-0.15, -0.1) is 0 Å². The zero-order valence-electron chi connectivity index (χ0n) is 10.5. The van der Waals surface area contributed by atoms with E-state index in [-0.39, 0.29) is 18.0 Å². The summed E-state index contributed by atoms with van der Waals surface area (Å²) in [7, 11) is 3.83. The number of hydrogen-bond donors (Lipinski definition) is 1. The molecular formula is C12H17N3O3. The van der Waals surface area contributed by atoms with Crippen LogP contribution in [0.5, 0.6) is 0 Å². The van der Waals surface area contributed by atoms with Crippen molar-refractivity contribution in [3.63, 3.8) is 0 Å². The van der Waals surface area contributed by atoms with Crippen LogP contribution < -0.4 is 5.32 Å². The minimum absolute atomic E-state index is 0.0412. The summed E-state index contributed by atoms with van der Waals surface area (Å²) in [4.78, 5) is 23.4. The number of nitrogens with zero attached hydrogens (tertiary/aromatic N) is 2. The average Bonchev–Trinajstić information content (AvgIpc) is 2.34. The van der Waals surface area contributed by atoms with Gasteiger partial charge in [0.2, 0.25) is 0 Å². The third kappa shape index (κ3) is 4.92. The average molecular weight is 251 g/mol. The van der Waals surface area contributed by atoms with Crippen molar-refractivity contribution in [2.75, 3.05) is 32.5 Å². The Morgan fingerprint density at radius 1 is 1.33 bits per heavy atom. The Bertz CT molecular complexity index is 415. The molecule has 0 unspecified atom stereocenters. The molecule has 6 nitrogen and oxygen atoms in total. The van der Waals surface area contributed by atoms with Crippen LogP contribution in [0.3, 0.4) is 0 Å². The number of carbonyl (C=O) groups is 1. The zero-order chi connectivity index (χ0) is 13.5. The van der Waals surface area contributed by atoms with Crippen molar-refractivity contribution < 1.29 is 9.72 Å². The van der Waals surface area contributed by atoms with Crippen molar-refractivity contribution in [3.8, 4) is 0 Å². The summed E-state index contributed by atoms with van der Waals surface area (Å²) in [5.74, 6) is 0.113. The molecular weight excluding hydrogens is 234 g/mol. The molecule has 98 valence electrons. The molecule has 1 N–H and O–H groups in total. The molecule has 18 heavy (non-hydrogen) atoms. The lowest BCUT2D eigenvalue weighted by molar-refractivity contribution is -0.384. The van der Waals surface area contributed by atoms with Gasteiger partial charge in [-0.1, -0.05) is 0 Å². The number of rotatable bonds is 7. The van der Waals surface area contributed by atoms with Gasteiger partial charge >= 0.3 is 0 Å². The molecule has 0 radical (unpaired) electrons. The summed E-state index contributed by atoms with van der Waals surface area (Å²) in [5.41, 5.74) is 0.748. The lowest BCUT2D eigenvalue weighted by atomic mass is 10.2. The van der Waals surface area contributed by atoms with E-state index in [1.807, 2.05) is 19.0 Å². The van der Waals surface area contributed by atoms with Gasteiger partial charge in [0, 0.05) is 30.8 Å². The highest BCUT2D eigenvalue weighted by Crippen LogP contribution is 2.15. The van der Waals surface area contributed by atoms with Crippen LogP contribution in [-0.4, -0.2) is 42.8 Å². The van der Waals surface area contributed by atoms with E-state index >= 15 is 0 Å². The molecule has 0 atom stereocenters. The maximum absolute atomic E-state index is 11.5. The predicted molar refractivity (Wildman–Crippen MR) is 69.8 cm³/mol. The van der Waals surface area contributed by atoms with Gasteiger partial charge in [0.25, 0.3) is 5.69 Å². The van der Waals surface area contributed by atoms with E-state index in [1.54, 1.807) is 12.1 Å². The molecule has 0 bridgehead atoms. The van der Waals surface area contributed by atoms with E-state index in [1.165, 1.54) is 12.1 Å². The summed E-state index contributed by atoms with van der Waals surface area (Å²) in [6.07, 6.45) is 0.493. The second-order valence-electron chi connectivity index (χ2n) is 4.25. The van der Waals surface area contributed by atoms with Crippen molar-refractivity contribution in [1.29, 1.82) is 0 Å². The maximum Gasteiger partial charge on any atom is 0.269 e. The van der Waals surface area contributed by atoms with E-state index in [4.69, 9.17) is 0 Å². The third-order valence-electron chi connectivity index (χ3n) is 2.41. The fourth-order valence-corrected chi connectivity index (χ4v) is 1.34. The third-order valence-corrected chi connectivity index (χ3v) is 2.41. The zero-order valence-corrected chi connectivity index (χ0v) is 10.5. The van der Waals surface area contributed by atoms with E-state index in [0.717, 1.165) is 6.54 Å². The summed E-state index contributed by atoms with van der Waals surface area (Å²) in [5, 5.41) is 13.4. The van der Waals surface area contributed by atoms with Crippen molar-refractivity contribution >= 4 is 17.2 Å². The summed E-state index contributed by atoms with van der Waals surface area (Å²) >= 11 is 0. The van der Waals surface area contributed by atoms with Gasteiger partial charge in [0.1, 0.15) is 0 Å². The predicted octanol–water partition coefficient (Wildman–Crippen LogP) is 1.53. The number of non-ortho nitro benzene ring substituents is 1. The van der Waals surface area contributed by atoms with E-state index in [0.29, 0.717) is 12.1 Å².